The molecule has 0 unspecified atom stereocenters. The fraction of sp³-hybridized carbons (Fsp3) is 0.214. The highest BCUT2D eigenvalue weighted by molar-refractivity contribution is 6.10. The lowest BCUT2D eigenvalue weighted by Gasteiger charge is -2.14. The smallest absolute Gasteiger partial charge is 0.230 e. The molecule has 0 amide bonds. The first kappa shape index (κ1) is 23.4. The number of rotatable bonds is 9. The lowest BCUT2D eigenvalue weighted by atomic mass is 9.88. The summed E-state index contributed by atoms with van der Waals surface area (Å²) >= 11 is 0. The zero-order valence-electron chi connectivity index (χ0n) is 19.5. The van der Waals surface area contributed by atoms with Crippen LogP contribution >= 0.6 is 0 Å². The number of ketones is 2. The van der Waals surface area contributed by atoms with Gasteiger partial charge in [0.15, 0.2) is 23.1 Å². The molecule has 1 saturated carbocycles. The van der Waals surface area contributed by atoms with Crippen LogP contribution in [-0.4, -0.2) is 33.8 Å². The lowest BCUT2D eigenvalue weighted by Crippen LogP contribution is -2.28. The molecular formula is C28H23FN2O5. The summed E-state index contributed by atoms with van der Waals surface area (Å²) in [5.74, 6) is 0.473. The summed E-state index contributed by atoms with van der Waals surface area (Å²) in [6.07, 6.45) is 2.70. The molecule has 0 bridgehead atoms. The van der Waals surface area contributed by atoms with Gasteiger partial charge in [0.2, 0.25) is 5.88 Å². The van der Waals surface area contributed by atoms with Gasteiger partial charge in [-0.15, -0.1) is 0 Å². The number of aromatic nitrogens is 2. The van der Waals surface area contributed by atoms with Gasteiger partial charge in [-0.1, -0.05) is 24.3 Å². The Bertz CT molecular complexity index is 1450. The van der Waals surface area contributed by atoms with E-state index in [1.54, 1.807) is 42.5 Å². The summed E-state index contributed by atoms with van der Waals surface area (Å²) in [4.78, 5) is 34.3. The van der Waals surface area contributed by atoms with E-state index in [0.29, 0.717) is 40.9 Å². The molecule has 5 rings (SSSR count). The molecule has 1 fully saturated rings. The molecule has 8 heteroatoms. The summed E-state index contributed by atoms with van der Waals surface area (Å²) in [7, 11) is 1.45. The van der Waals surface area contributed by atoms with Gasteiger partial charge < -0.3 is 14.6 Å². The maximum absolute atomic E-state index is 13.1. The topological polar surface area (TPSA) is 98.6 Å². The van der Waals surface area contributed by atoms with Gasteiger partial charge in [-0.3, -0.25) is 9.59 Å². The Labute approximate surface area is 206 Å². The normalized spacial score (nSPS) is 13.8. The third kappa shape index (κ3) is 4.62. The van der Waals surface area contributed by atoms with Gasteiger partial charge in [0.1, 0.15) is 17.9 Å². The Morgan fingerprint density at radius 2 is 1.56 bits per heavy atom. The van der Waals surface area contributed by atoms with Crippen LogP contribution in [0.25, 0.3) is 10.9 Å². The fourth-order valence-corrected chi connectivity index (χ4v) is 4.23. The first-order valence-corrected chi connectivity index (χ1v) is 11.5. The average Bonchev–Trinajstić information content (AvgIpc) is 3.69. The van der Waals surface area contributed by atoms with Crippen molar-refractivity contribution in [2.75, 3.05) is 7.11 Å². The summed E-state index contributed by atoms with van der Waals surface area (Å²) < 4.78 is 24.2. The summed E-state index contributed by atoms with van der Waals surface area (Å²) in [6.45, 7) is 0. The van der Waals surface area contributed by atoms with E-state index in [1.165, 1.54) is 31.6 Å². The minimum Gasteiger partial charge on any atom is -0.504 e. The van der Waals surface area contributed by atoms with E-state index in [2.05, 4.69) is 9.97 Å². The van der Waals surface area contributed by atoms with Crippen molar-refractivity contribution in [2.24, 2.45) is 5.41 Å². The van der Waals surface area contributed by atoms with Crippen LogP contribution in [0.4, 0.5) is 4.39 Å². The molecule has 1 aromatic heterocycles. The number of benzene rings is 3. The first-order valence-electron chi connectivity index (χ1n) is 11.5. The highest BCUT2D eigenvalue weighted by Crippen LogP contribution is 2.48. The zero-order valence-corrected chi connectivity index (χ0v) is 19.5. The predicted octanol–water partition coefficient (Wildman–Crippen LogP) is 4.98. The number of methoxy groups -OCH3 is 1. The number of phenolic OH excluding ortho intramolecular Hbond substituents is 1. The number of hydrogen-bond acceptors (Lipinski definition) is 7. The van der Waals surface area contributed by atoms with Gasteiger partial charge in [0, 0.05) is 18.9 Å². The Morgan fingerprint density at radius 1 is 0.944 bits per heavy atom. The van der Waals surface area contributed by atoms with E-state index in [9.17, 15) is 19.1 Å². The van der Waals surface area contributed by atoms with Crippen molar-refractivity contribution in [3.05, 3.63) is 83.9 Å². The number of carbonyl (C=O) groups is 2. The molecule has 7 nitrogen and oxygen atoms in total. The highest BCUT2D eigenvalue weighted by Gasteiger charge is 2.54. The third-order valence-electron chi connectivity index (χ3n) is 6.50. The minimum atomic E-state index is -0.936. The van der Waals surface area contributed by atoms with Gasteiger partial charge in [-0.2, -0.15) is 0 Å². The second kappa shape index (κ2) is 9.37. The van der Waals surface area contributed by atoms with Crippen LogP contribution in [0, 0.1) is 11.2 Å². The van der Waals surface area contributed by atoms with Gasteiger partial charge in [0.25, 0.3) is 0 Å². The number of halogens is 1. The van der Waals surface area contributed by atoms with Crippen LogP contribution in [0.3, 0.4) is 0 Å². The van der Waals surface area contributed by atoms with Crippen LogP contribution in [0.2, 0.25) is 0 Å². The number of hydrogen-bond donors (Lipinski definition) is 1. The number of Topliss-reactive ketones (excluding diaryl/α,β-unsaturated/α-hetero) is 2. The Balaban J connectivity index is 1.27. The van der Waals surface area contributed by atoms with Crippen molar-refractivity contribution in [1.82, 2.24) is 9.97 Å². The molecule has 1 heterocycles. The monoisotopic (exact) mass is 486 g/mol. The molecule has 182 valence electrons. The molecule has 4 aromatic rings. The van der Waals surface area contributed by atoms with E-state index in [4.69, 9.17) is 9.47 Å². The van der Waals surface area contributed by atoms with Gasteiger partial charge in [-0.25, -0.2) is 14.4 Å². The Morgan fingerprint density at radius 3 is 2.14 bits per heavy atom. The van der Waals surface area contributed by atoms with Crippen LogP contribution in [0.5, 0.6) is 23.1 Å². The number of phenols is 1. The van der Waals surface area contributed by atoms with Crippen LogP contribution in [0.1, 0.15) is 24.0 Å². The highest BCUT2D eigenvalue weighted by atomic mass is 19.1. The molecule has 3 aromatic carbocycles. The number of ether oxygens (including phenoxy) is 2. The molecule has 0 radical (unpaired) electrons. The maximum Gasteiger partial charge on any atom is 0.230 e. The van der Waals surface area contributed by atoms with Crippen molar-refractivity contribution >= 4 is 22.5 Å². The maximum atomic E-state index is 13.1. The van der Waals surface area contributed by atoms with E-state index < -0.39 is 5.41 Å². The zero-order chi connectivity index (χ0) is 25.3. The lowest BCUT2D eigenvalue weighted by molar-refractivity contribution is -0.133. The molecule has 0 atom stereocenters. The van der Waals surface area contributed by atoms with Crippen LogP contribution < -0.4 is 9.47 Å². The quantitative estimate of drug-likeness (QED) is 0.333. The second-order valence-electron chi connectivity index (χ2n) is 8.87. The third-order valence-corrected chi connectivity index (χ3v) is 6.50. The average molecular weight is 486 g/mol. The predicted molar refractivity (Wildman–Crippen MR) is 130 cm³/mol. The van der Waals surface area contributed by atoms with Crippen LogP contribution in [0.15, 0.2) is 67.0 Å². The van der Waals surface area contributed by atoms with Crippen LogP contribution in [-0.2, 0) is 22.4 Å². The number of carbonyl (C=O) groups excluding carboxylic acids is 2. The summed E-state index contributed by atoms with van der Waals surface area (Å²) in [5, 5.41) is 10.6. The second-order valence-corrected chi connectivity index (χ2v) is 8.87. The number of nitrogens with zero attached hydrogens (tertiary/aromatic N) is 2. The van der Waals surface area contributed by atoms with Crippen molar-refractivity contribution in [3.63, 3.8) is 0 Å². The first-order chi connectivity index (χ1) is 17.4. The van der Waals surface area contributed by atoms with E-state index in [1.807, 2.05) is 0 Å². The minimum absolute atomic E-state index is 0.0340. The van der Waals surface area contributed by atoms with Gasteiger partial charge in [-0.05, 0) is 54.3 Å². The van der Waals surface area contributed by atoms with Crippen molar-refractivity contribution in [3.8, 4) is 23.1 Å². The molecular weight excluding hydrogens is 463 g/mol. The molecule has 1 N–H and O–H groups in total. The SMILES string of the molecule is COc1cc2c(Oc3ccc(CC(=O)C4(C(=O)Cc5ccc(F)cc5)CC4)cc3)ncnc2cc1O. The summed E-state index contributed by atoms with van der Waals surface area (Å²) in [6, 6.07) is 15.9. The largest absolute Gasteiger partial charge is 0.504 e. The standard InChI is InChI=1S/C28H23FN2O5/c1-35-24-14-21-22(15-23(24)32)30-16-31-27(21)36-20-8-4-18(5-9-20)13-26(34)28(10-11-28)25(33)12-17-2-6-19(29)7-3-17/h2-9,14-16,32H,10-13H2,1H3. The van der Waals surface area contributed by atoms with Crippen molar-refractivity contribution in [2.45, 2.75) is 25.7 Å². The molecule has 1 aliphatic carbocycles. The molecule has 0 spiro atoms. The van der Waals surface area contributed by atoms with E-state index in [0.717, 1.165) is 5.56 Å². The fourth-order valence-electron chi connectivity index (χ4n) is 4.23. The van der Waals surface area contributed by atoms with Gasteiger partial charge >= 0.3 is 0 Å². The van der Waals surface area contributed by atoms with E-state index in [-0.39, 0.29) is 41.7 Å². The van der Waals surface area contributed by atoms with E-state index >= 15 is 0 Å². The molecule has 1 aliphatic rings. The summed E-state index contributed by atoms with van der Waals surface area (Å²) in [5.41, 5.74) is 1.04. The molecule has 0 saturated heterocycles. The molecule has 0 aliphatic heterocycles. The Kier molecular flexibility index (Phi) is 6.10. The van der Waals surface area contributed by atoms with Crippen molar-refractivity contribution < 1.29 is 28.6 Å². The van der Waals surface area contributed by atoms with Crippen molar-refractivity contribution in [1.29, 1.82) is 0 Å². The van der Waals surface area contributed by atoms with Gasteiger partial charge in [0.05, 0.1) is 23.4 Å². The Hall–Kier alpha value is -4.33. The molecule has 36 heavy (non-hydrogen) atoms. The number of fused-ring (bicyclic) bond motifs is 1. The number of aromatic hydroxyl groups is 1.